The number of nitrogens with zero attached hydrogens (tertiary/aromatic N) is 1. The van der Waals surface area contributed by atoms with Gasteiger partial charge in [0, 0.05) is 28.0 Å². The maximum absolute atomic E-state index is 6.15. The van der Waals surface area contributed by atoms with E-state index in [4.69, 9.17) is 5.73 Å². The Morgan fingerprint density at radius 2 is 2.05 bits per heavy atom. The van der Waals surface area contributed by atoms with Crippen molar-refractivity contribution in [1.82, 2.24) is 4.57 Å². The first-order valence-corrected chi connectivity index (χ1v) is 8.85. The monoisotopic (exact) mass is 362 g/mol. The summed E-state index contributed by atoms with van der Waals surface area (Å²) in [6.07, 6.45) is 4.23. The van der Waals surface area contributed by atoms with Crippen LogP contribution in [-0.2, 0) is 13.0 Å². The minimum atomic E-state index is 0.236. The smallest absolute Gasteiger partial charge is 0.0702 e. The Bertz CT molecular complexity index is 744. The average Bonchev–Trinajstić information content (AvgIpc) is 3.04. The lowest BCUT2D eigenvalue weighted by molar-refractivity contribution is 0.647. The SMILES string of the molecule is CCC(N)Cc1cn(Cc2ccc(Br)s2)c2ccccc12. The van der Waals surface area contributed by atoms with E-state index in [1.807, 2.05) is 0 Å². The summed E-state index contributed by atoms with van der Waals surface area (Å²) in [6, 6.07) is 13.1. The Kier molecular flexibility index (Phi) is 4.48. The van der Waals surface area contributed by atoms with E-state index in [1.165, 1.54) is 25.1 Å². The van der Waals surface area contributed by atoms with E-state index in [-0.39, 0.29) is 6.04 Å². The first kappa shape index (κ1) is 14.8. The fourth-order valence-electron chi connectivity index (χ4n) is 2.65. The summed E-state index contributed by atoms with van der Waals surface area (Å²) in [7, 11) is 0. The normalized spacial score (nSPS) is 12.9. The van der Waals surface area contributed by atoms with Crippen LogP contribution < -0.4 is 5.73 Å². The molecule has 0 saturated heterocycles. The molecule has 1 atom stereocenters. The second-order valence-corrected chi connectivity index (χ2v) is 7.93. The van der Waals surface area contributed by atoms with Gasteiger partial charge in [0.25, 0.3) is 0 Å². The molecule has 2 heterocycles. The third kappa shape index (κ3) is 3.23. The highest BCUT2D eigenvalue weighted by atomic mass is 79.9. The molecule has 3 aromatic rings. The van der Waals surface area contributed by atoms with Gasteiger partial charge in [0.1, 0.15) is 0 Å². The van der Waals surface area contributed by atoms with Crippen molar-refractivity contribution in [1.29, 1.82) is 0 Å². The highest BCUT2D eigenvalue weighted by Gasteiger charge is 2.11. The fourth-order valence-corrected chi connectivity index (χ4v) is 4.13. The van der Waals surface area contributed by atoms with E-state index in [2.05, 4.69) is 70.0 Å². The van der Waals surface area contributed by atoms with Crippen LogP contribution in [0.25, 0.3) is 10.9 Å². The van der Waals surface area contributed by atoms with Gasteiger partial charge in [-0.1, -0.05) is 25.1 Å². The lowest BCUT2D eigenvalue weighted by Gasteiger charge is -2.06. The maximum atomic E-state index is 6.15. The standard InChI is InChI=1S/C17H19BrN2S/c1-2-13(19)9-12-10-20(11-14-7-8-17(18)21-14)16-6-4-3-5-15(12)16/h3-8,10,13H,2,9,11,19H2,1H3. The number of halogens is 1. The van der Waals surface area contributed by atoms with Crippen LogP contribution >= 0.6 is 27.3 Å². The van der Waals surface area contributed by atoms with Crippen LogP contribution in [0.4, 0.5) is 0 Å². The summed E-state index contributed by atoms with van der Waals surface area (Å²) in [6.45, 7) is 3.06. The van der Waals surface area contributed by atoms with Crippen LogP contribution in [-0.4, -0.2) is 10.6 Å². The van der Waals surface area contributed by atoms with E-state index in [1.54, 1.807) is 11.3 Å². The average molecular weight is 363 g/mol. The third-order valence-corrected chi connectivity index (χ3v) is 5.44. The number of benzene rings is 1. The Morgan fingerprint density at radius 3 is 2.76 bits per heavy atom. The molecule has 0 aliphatic carbocycles. The van der Waals surface area contributed by atoms with Crippen LogP contribution in [0, 0.1) is 0 Å². The Balaban J connectivity index is 1.98. The van der Waals surface area contributed by atoms with Gasteiger partial charge in [-0.15, -0.1) is 11.3 Å². The van der Waals surface area contributed by atoms with Gasteiger partial charge < -0.3 is 10.3 Å². The molecule has 0 spiro atoms. The molecular formula is C17H19BrN2S. The quantitative estimate of drug-likeness (QED) is 0.694. The van der Waals surface area contributed by atoms with Gasteiger partial charge in [0.05, 0.1) is 10.3 Å². The number of rotatable bonds is 5. The lowest BCUT2D eigenvalue weighted by Crippen LogP contribution is -2.21. The first-order valence-electron chi connectivity index (χ1n) is 7.24. The van der Waals surface area contributed by atoms with Crippen molar-refractivity contribution in [2.75, 3.05) is 0 Å². The largest absolute Gasteiger partial charge is 0.342 e. The van der Waals surface area contributed by atoms with Gasteiger partial charge >= 0.3 is 0 Å². The minimum absolute atomic E-state index is 0.236. The summed E-state index contributed by atoms with van der Waals surface area (Å²) < 4.78 is 3.52. The number of thiophene rings is 1. The molecule has 2 nitrogen and oxygen atoms in total. The molecule has 0 saturated carbocycles. The Hall–Kier alpha value is -1.10. The van der Waals surface area contributed by atoms with E-state index >= 15 is 0 Å². The van der Waals surface area contributed by atoms with Crippen molar-refractivity contribution in [2.45, 2.75) is 32.4 Å². The molecule has 0 amide bonds. The van der Waals surface area contributed by atoms with Crippen molar-refractivity contribution in [2.24, 2.45) is 5.73 Å². The maximum Gasteiger partial charge on any atom is 0.0702 e. The molecular weight excluding hydrogens is 344 g/mol. The summed E-state index contributed by atoms with van der Waals surface area (Å²) in [4.78, 5) is 1.36. The summed E-state index contributed by atoms with van der Waals surface area (Å²) in [5.41, 5.74) is 8.80. The van der Waals surface area contributed by atoms with E-state index in [0.29, 0.717) is 0 Å². The van der Waals surface area contributed by atoms with Gasteiger partial charge in [-0.3, -0.25) is 0 Å². The molecule has 2 aromatic heterocycles. The molecule has 0 radical (unpaired) electrons. The van der Waals surface area contributed by atoms with Gasteiger partial charge in [0.2, 0.25) is 0 Å². The van der Waals surface area contributed by atoms with Crippen LogP contribution in [0.5, 0.6) is 0 Å². The van der Waals surface area contributed by atoms with Crippen LogP contribution in [0.3, 0.4) is 0 Å². The van der Waals surface area contributed by atoms with E-state index < -0.39 is 0 Å². The van der Waals surface area contributed by atoms with Gasteiger partial charge in [0.15, 0.2) is 0 Å². The lowest BCUT2D eigenvalue weighted by atomic mass is 10.0. The summed E-state index contributed by atoms with van der Waals surface area (Å²) in [5.74, 6) is 0. The van der Waals surface area contributed by atoms with Gasteiger partial charge in [-0.05, 0) is 52.5 Å². The summed E-state index contributed by atoms with van der Waals surface area (Å²) in [5, 5.41) is 1.33. The first-order chi connectivity index (χ1) is 10.2. The van der Waals surface area contributed by atoms with Crippen LogP contribution in [0.1, 0.15) is 23.8 Å². The number of nitrogens with two attached hydrogens (primary N) is 1. The predicted molar refractivity (Wildman–Crippen MR) is 95.0 cm³/mol. The zero-order chi connectivity index (χ0) is 14.8. The second kappa shape index (κ2) is 6.34. The Labute approximate surface area is 137 Å². The number of para-hydroxylation sites is 1. The molecule has 3 rings (SSSR count). The van der Waals surface area contributed by atoms with Gasteiger partial charge in [-0.25, -0.2) is 0 Å². The molecule has 0 aliphatic rings. The molecule has 2 N–H and O–H groups in total. The molecule has 21 heavy (non-hydrogen) atoms. The number of hydrogen-bond acceptors (Lipinski definition) is 2. The molecule has 0 fully saturated rings. The number of aromatic nitrogens is 1. The third-order valence-electron chi connectivity index (χ3n) is 3.83. The van der Waals surface area contributed by atoms with E-state index in [9.17, 15) is 0 Å². The number of fused-ring (bicyclic) bond motifs is 1. The number of hydrogen-bond donors (Lipinski definition) is 1. The van der Waals surface area contributed by atoms with Crippen molar-refractivity contribution in [3.63, 3.8) is 0 Å². The zero-order valence-electron chi connectivity index (χ0n) is 12.1. The van der Waals surface area contributed by atoms with Crippen molar-refractivity contribution >= 4 is 38.2 Å². The highest BCUT2D eigenvalue weighted by Crippen LogP contribution is 2.27. The van der Waals surface area contributed by atoms with Crippen molar-refractivity contribution in [3.8, 4) is 0 Å². The predicted octanol–water partition coefficient (Wildman–Crippen LogP) is 4.79. The summed E-state index contributed by atoms with van der Waals surface area (Å²) >= 11 is 5.33. The molecule has 4 heteroatoms. The fraction of sp³-hybridized carbons (Fsp3) is 0.294. The van der Waals surface area contributed by atoms with Crippen LogP contribution in [0.2, 0.25) is 0 Å². The highest BCUT2D eigenvalue weighted by molar-refractivity contribution is 9.11. The van der Waals surface area contributed by atoms with Crippen LogP contribution in [0.15, 0.2) is 46.4 Å². The molecule has 0 bridgehead atoms. The molecule has 110 valence electrons. The second-order valence-electron chi connectivity index (χ2n) is 5.38. The van der Waals surface area contributed by atoms with Gasteiger partial charge in [-0.2, -0.15) is 0 Å². The topological polar surface area (TPSA) is 30.9 Å². The Morgan fingerprint density at radius 1 is 1.24 bits per heavy atom. The van der Waals surface area contributed by atoms with Crippen molar-refractivity contribution in [3.05, 3.63) is 56.8 Å². The zero-order valence-corrected chi connectivity index (χ0v) is 14.5. The minimum Gasteiger partial charge on any atom is -0.342 e. The molecule has 1 aromatic carbocycles. The van der Waals surface area contributed by atoms with E-state index in [0.717, 1.165) is 19.4 Å². The molecule has 1 unspecified atom stereocenters. The molecule has 0 aliphatic heterocycles. The van der Waals surface area contributed by atoms with Crippen molar-refractivity contribution < 1.29 is 0 Å².